The van der Waals surface area contributed by atoms with E-state index in [1.54, 1.807) is 0 Å². The van der Waals surface area contributed by atoms with Crippen LogP contribution in [0.3, 0.4) is 0 Å². The zero-order chi connectivity index (χ0) is 12.1. The number of anilines is 2. The summed E-state index contributed by atoms with van der Waals surface area (Å²) in [7, 11) is 0. The van der Waals surface area contributed by atoms with Gasteiger partial charge < -0.3 is 10.6 Å². The molecule has 0 fully saturated rings. The summed E-state index contributed by atoms with van der Waals surface area (Å²) in [5.74, 6) is 0.783. The second kappa shape index (κ2) is 5.36. The van der Waals surface area contributed by atoms with Crippen LogP contribution in [0.4, 0.5) is 11.5 Å². The summed E-state index contributed by atoms with van der Waals surface area (Å²) in [4.78, 5) is 6.50. The van der Waals surface area contributed by atoms with E-state index in [2.05, 4.69) is 29.8 Å². The van der Waals surface area contributed by atoms with Gasteiger partial charge in [0.15, 0.2) is 5.82 Å². The maximum Gasteiger partial charge on any atom is 0.152 e. The van der Waals surface area contributed by atoms with Crippen molar-refractivity contribution in [2.24, 2.45) is 0 Å². The molecule has 0 amide bonds. The normalized spacial score (nSPS) is 10.2. The van der Waals surface area contributed by atoms with Crippen LogP contribution in [0.5, 0.6) is 0 Å². The Morgan fingerprint density at radius 1 is 1.50 bits per heavy atom. The van der Waals surface area contributed by atoms with E-state index in [0.717, 1.165) is 11.5 Å². The van der Waals surface area contributed by atoms with Crippen LogP contribution >= 0.6 is 0 Å². The number of nitrogens with zero attached hydrogens (tertiary/aromatic N) is 3. The van der Waals surface area contributed by atoms with Gasteiger partial charge in [-0.05, 0) is 32.9 Å². The summed E-state index contributed by atoms with van der Waals surface area (Å²) in [6.45, 7) is 6.74. The summed E-state index contributed by atoms with van der Waals surface area (Å²) in [6.07, 6.45) is 0.479. The average molecular weight is 218 g/mol. The average Bonchev–Trinajstić information content (AvgIpc) is 2.23. The van der Waals surface area contributed by atoms with Crippen molar-refractivity contribution in [3.8, 4) is 6.07 Å². The minimum Gasteiger partial charge on any atom is -0.396 e. The van der Waals surface area contributed by atoms with Gasteiger partial charge in [-0.2, -0.15) is 5.26 Å². The Hall–Kier alpha value is -1.76. The van der Waals surface area contributed by atoms with Gasteiger partial charge in [-0.1, -0.05) is 0 Å². The third-order valence-electron chi connectivity index (χ3n) is 2.40. The Labute approximate surface area is 96.7 Å². The molecule has 0 spiro atoms. The fourth-order valence-corrected chi connectivity index (χ4v) is 1.56. The van der Waals surface area contributed by atoms with Crippen LogP contribution in [-0.2, 0) is 0 Å². The lowest BCUT2D eigenvalue weighted by atomic mass is 10.2. The lowest BCUT2D eigenvalue weighted by Gasteiger charge is -2.28. The van der Waals surface area contributed by atoms with Gasteiger partial charge in [0.2, 0.25) is 0 Å². The molecule has 1 rings (SSSR count). The molecule has 0 saturated heterocycles. The first-order chi connectivity index (χ1) is 7.56. The largest absolute Gasteiger partial charge is 0.396 e. The van der Waals surface area contributed by atoms with Crippen molar-refractivity contribution in [3.63, 3.8) is 0 Å². The second-order valence-corrected chi connectivity index (χ2v) is 4.06. The van der Waals surface area contributed by atoms with Gasteiger partial charge in [-0.3, -0.25) is 0 Å². The third kappa shape index (κ3) is 2.86. The van der Waals surface area contributed by atoms with Crippen molar-refractivity contribution in [1.82, 2.24) is 4.98 Å². The molecule has 1 aromatic heterocycles. The van der Waals surface area contributed by atoms with Crippen LogP contribution in [0, 0.1) is 18.3 Å². The van der Waals surface area contributed by atoms with Crippen molar-refractivity contribution in [3.05, 3.63) is 17.8 Å². The van der Waals surface area contributed by atoms with Crippen LogP contribution in [0.25, 0.3) is 0 Å². The second-order valence-electron chi connectivity index (χ2n) is 4.06. The van der Waals surface area contributed by atoms with Gasteiger partial charge in [0, 0.05) is 18.3 Å². The smallest absolute Gasteiger partial charge is 0.152 e. The Bertz CT molecular complexity index is 392. The van der Waals surface area contributed by atoms with Crippen molar-refractivity contribution in [2.45, 2.75) is 33.2 Å². The molecule has 16 heavy (non-hydrogen) atoms. The molecule has 0 aliphatic carbocycles. The van der Waals surface area contributed by atoms with Gasteiger partial charge in [-0.15, -0.1) is 0 Å². The van der Waals surface area contributed by atoms with E-state index in [1.165, 1.54) is 0 Å². The Balaban J connectivity index is 3.01. The molecule has 1 aromatic rings. The van der Waals surface area contributed by atoms with Gasteiger partial charge in [-0.25, -0.2) is 4.98 Å². The van der Waals surface area contributed by atoms with E-state index in [4.69, 9.17) is 11.0 Å². The monoisotopic (exact) mass is 218 g/mol. The van der Waals surface area contributed by atoms with Crippen molar-refractivity contribution >= 4 is 11.5 Å². The molecule has 0 aromatic carbocycles. The van der Waals surface area contributed by atoms with E-state index in [1.807, 2.05) is 19.1 Å². The number of nitrogens with two attached hydrogens (primary N) is 1. The molecule has 1 heterocycles. The first kappa shape index (κ1) is 12.3. The third-order valence-corrected chi connectivity index (χ3v) is 2.40. The molecule has 0 bridgehead atoms. The number of hydrogen-bond acceptors (Lipinski definition) is 4. The highest BCUT2D eigenvalue weighted by molar-refractivity contribution is 5.63. The van der Waals surface area contributed by atoms with E-state index in [9.17, 15) is 0 Å². The Kier molecular flexibility index (Phi) is 4.12. The predicted octanol–water partition coefficient (Wildman–Crippen LogP) is 2.10. The number of rotatable bonds is 4. The lowest BCUT2D eigenvalue weighted by Crippen LogP contribution is -2.33. The lowest BCUT2D eigenvalue weighted by molar-refractivity contribution is 0.677. The first-order valence-corrected chi connectivity index (χ1v) is 5.43. The van der Waals surface area contributed by atoms with E-state index >= 15 is 0 Å². The molecule has 2 N–H and O–H groups in total. The Morgan fingerprint density at radius 3 is 2.75 bits per heavy atom. The van der Waals surface area contributed by atoms with Crippen molar-refractivity contribution < 1.29 is 0 Å². The van der Waals surface area contributed by atoms with Gasteiger partial charge in [0.25, 0.3) is 0 Å². The zero-order valence-corrected chi connectivity index (χ0v) is 10.1. The van der Waals surface area contributed by atoms with Crippen LogP contribution in [-0.4, -0.2) is 17.6 Å². The van der Waals surface area contributed by atoms with E-state index < -0.39 is 0 Å². The highest BCUT2D eigenvalue weighted by atomic mass is 15.2. The number of hydrogen-bond donors (Lipinski definition) is 1. The number of nitrogen functional groups attached to an aromatic ring is 1. The molecule has 0 aliphatic heterocycles. The Morgan fingerprint density at radius 2 is 2.19 bits per heavy atom. The zero-order valence-electron chi connectivity index (χ0n) is 10.1. The van der Waals surface area contributed by atoms with Gasteiger partial charge in [0.1, 0.15) is 0 Å². The number of aryl methyl sites for hydroxylation is 1. The molecule has 0 radical (unpaired) electrons. The standard InChI is InChI=1S/C12H18N4/c1-9(2)16(8-4-7-13)12-11(14)6-5-10(3)15-12/h5-6,9H,4,8,14H2,1-3H3. The first-order valence-electron chi connectivity index (χ1n) is 5.43. The molecule has 4 nitrogen and oxygen atoms in total. The minimum absolute atomic E-state index is 0.282. The molecule has 0 saturated carbocycles. The van der Waals surface area contributed by atoms with E-state index in [-0.39, 0.29) is 6.04 Å². The fraction of sp³-hybridized carbons (Fsp3) is 0.500. The van der Waals surface area contributed by atoms with Crippen LogP contribution in [0.1, 0.15) is 26.0 Å². The SMILES string of the molecule is Cc1ccc(N)c(N(CCC#N)C(C)C)n1. The number of nitriles is 1. The maximum absolute atomic E-state index is 8.64. The molecular formula is C12H18N4. The summed E-state index contributed by atoms with van der Waals surface area (Å²) >= 11 is 0. The topological polar surface area (TPSA) is 65.9 Å². The summed E-state index contributed by atoms with van der Waals surface area (Å²) < 4.78 is 0. The number of aromatic nitrogens is 1. The van der Waals surface area contributed by atoms with E-state index in [0.29, 0.717) is 18.7 Å². The van der Waals surface area contributed by atoms with Crippen molar-refractivity contribution in [1.29, 1.82) is 5.26 Å². The molecular weight excluding hydrogens is 200 g/mol. The predicted molar refractivity (Wildman–Crippen MR) is 66.1 cm³/mol. The summed E-state index contributed by atoms with van der Waals surface area (Å²) in [5.41, 5.74) is 7.51. The maximum atomic E-state index is 8.64. The minimum atomic E-state index is 0.282. The molecule has 0 unspecified atom stereocenters. The van der Waals surface area contributed by atoms with Gasteiger partial charge >= 0.3 is 0 Å². The van der Waals surface area contributed by atoms with Gasteiger partial charge in [0.05, 0.1) is 18.2 Å². The summed E-state index contributed by atoms with van der Waals surface area (Å²) in [5, 5.41) is 8.64. The molecule has 86 valence electrons. The van der Waals surface area contributed by atoms with Crippen LogP contribution in [0.15, 0.2) is 12.1 Å². The summed E-state index contributed by atoms with van der Waals surface area (Å²) in [6, 6.07) is 6.18. The quantitative estimate of drug-likeness (QED) is 0.840. The highest BCUT2D eigenvalue weighted by Gasteiger charge is 2.14. The van der Waals surface area contributed by atoms with Crippen LogP contribution < -0.4 is 10.6 Å². The highest BCUT2D eigenvalue weighted by Crippen LogP contribution is 2.22. The molecule has 0 atom stereocenters. The molecule has 0 aliphatic rings. The fourth-order valence-electron chi connectivity index (χ4n) is 1.56. The van der Waals surface area contributed by atoms with Crippen LogP contribution in [0.2, 0.25) is 0 Å². The number of pyridine rings is 1. The van der Waals surface area contributed by atoms with Crippen molar-refractivity contribution in [2.75, 3.05) is 17.2 Å². The molecule has 4 heteroatoms.